The molecule has 1 N–H and O–H groups in total. The number of carbonyl (C=O) groups excluding carboxylic acids is 1. The van der Waals surface area contributed by atoms with Crippen molar-refractivity contribution in [2.24, 2.45) is 5.92 Å². The van der Waals surface area contributed by atoms with Crippen molar-refractivity contribution in [1.82, 2.24) is 15.3 Å². The number of fused-ring (bicyclic) bond motifs is 1. The molecule has 0 aliphatic rings. The highest BCUT2D eigenvalue weighted by atomic mass is 32.1. The zero-order valence-electron chi connectivity index (χ0n) is 18.5. The molecule has 0 unspecified atom stereocenters. The standard InChI is InChI=1S/C26H28N4OS/c1-19(2)17-27-24(31)14-15-30(18-20-9-4-3-5-10-20)26-21-11-6-7-12-22(21)28-25(29-26)23-13-8-16-32-23/h3-13,16,19H,14-15,17-18H2,1-2H3,(H,27,31). The Hall–Kier alpha value is -3.25. The van der Waals surface area contributed by atoms with Gasteiger partial charge in [-0.2, -0.15) is 0 Å². The van der Waals surface area contributed by atoms with Crippen LogP contribution in [0.5, 0.6) is 0 Å². The predicted molar refractivity (Wildman–Crippen MR) is 133 cm³/mol. The van der Waals surface area contributed by atoms with Crippen LogP contribution >= 0.6 is 11.3 Å². The summed E-state index contributed by atoms with van der Waals surface area (Å²) in [6.07, 6.45) is 0.409. The summed E-state index contributed by atoms with van der Waals surface area (Å²) in [5.74, 6) is 2.07. The van der Waals surface area contributed by atoms with E-state index in [9.17, 15) is 4.79 Å². The summed E-state index contributed by atoms with van der Waals surface area (Å²) in [6, 6.07) is 22.4. The van der Waals surface area contributed by atoms with Gasteiger partial charge in [-0.15, -0.1) is 11.3 Å². The van der Waals surface area contributed by atoms with E-state index in [2.05, 4.69) is 42.3 Å². The zero-order valence-corrected chi connectivity index (χ0v) is 19.3. The molecule has 6 heteroatoms. The van der Waals surface area contributed by atoms with Crippen LogP contribution in [0.4, 0.5) is 5.82 Å². The molecule has 0 radical (unpaired) electrons. The van der Waals surface area contributed by atoms with E-state index >= 15 is 0 Å². The van der Waals surface area contributed by atoms with E-state index in [0.717, 1.165) is 27.4 Å². The first-order chi connectivity index (χ1) is 15.6. The van der Waals surface area contributed by atoms with Gasteiger partial charge in [-0.25, -0.2) is 9.97 Å². The maximum atomic E-state index is 12.5. The fraction of sp³-hybridized carbons (Fsp3) is 0.269. The Morgan fingerprint density at radius 2 is 1.78 bits per heavy atom. The van der Waals surface area contributed by atoms with Gasteiger partial charge in [-0.05, 0) is 35.1 Å². The van der Waals surface area contributed by atoms with Gasteiger partial charge in [0.1, 0.15) is 5.82 Å². The Morgan fingerprint density at radius 1 is 1.00 bits per heavy atom. The highest BCUT2D eigenvalue weighted by Crippen LogP contribution is 2.30. The average molecular weight is 445 g/mol. The van der Waals surface area contributed by atoms with Crippen molar-refractivity contribution < 1.29 is 4.79 Å². The number of amides is 1. The highest BCUT2D eigenvalue weighted by molar-refractivity contribution is 7.13. The van der Waals surface area contributed by atoms with Crippen LogP contribution in [0.1, 0.15) is 25.8 Å². The molecule has 0 saturated heterocycles. The van der Waals surface area contributed by atoms with Crippen molar-refractivity contribution in [2.75, 3.05) is 18.0 Å². The third kappa shape index (κ3) is 5.51. The van der Waals surface area contributed by atoms with E-state index in [4.69, 9.17) is 9.97 Å². The molecule has 2 heterocycles. The van der Waals surface area contributed by atoms with Crippen LogP contribution in [0.25, 0.3) is 21.6 Å². The molecule has 0 atom stereocenters. The summed E-state index contributed by atoms with van der Waals surface area (Å²) >= 11 is 1.63. The molecule has 32 heavy (non-hydrogen) atoms. The smallest absolute Gasteiger partial charge is 0.221 e. The second kappa shape index (κ2) is 10.4. The van der Waals surface area contributed by atoms with Gasteiger partial charge in [0.25, 0.3) is 0 Å². The molecule has 0 spiro atoms. The lowest BCUT2D eigenvalue weighted by atomic mass is 10.1. The SMILES string of the molecule is CC(C)CNC(=O)CCN(Cc1ccccc1)c1nc(-c2cccs2)nc2ccccc12. The number of hydrogen-bond donors (Lipinski definition) is 1. The van der Waals surface area contributed by atoms with Crippen molar-refractivity contribution in [1.29, 1.82) is 0 Å². The van der Waals surface area contributed by atoms with Gasteiger partial charge >= 0.3 is 0 Å². The molecular formula is C26H28N4OS. The first-order valence-corrected chi connectivity index (χ1v) is 11.8. The number of thiophene rings is 1. The minimum absolute atomic E-state index is 0.0635. The topological polar surface area (TPSA) is 58.1 Å². The Bertz CT molecular complexity index is 1160. The lowest BCUT2D eigenvalue weighted by Crippen LogP contribution is -2.33. The minimum atomic E-state index is 0.0635. The average Bonchev–Trinajstić information content (AvgIpc) is 3.35. The molecule has 0 saturated carbocycles. The molecule has 0 bridgehead atoms. The number of nitrogens with one attached hydrogen (secondary N) is 1. The molecule has 5 nitrogen and oxygen atoms in total. The normalized spacial score (nSPS) is 11.1. The van der Waals surface area contributed by atoms with Gasteiger partial charge in [0.05, 0.1) is 10.4 Å². The Morgan fingerprint density at radius 3 is 2.53 bits per heavy atom. The molecule has 2 aromatic heterocycles. The second-order valence-electron chi connectivity index (χ2n) is 8.22. The number of hydrogen-bond acceptors (Lipinski definition) is 5. The molecule has 164 valence electrons. The van der Waals surface area contributed by atoms with E-state index in [1.165, 1.54) is 5.56 Å². The third-order valence-electron chi connectivity index (χ3n) is 5.16. The van der Waals surface area contributed by atoms with Gasteiger partial charge in [-0.1, -0.05) is 62.4 Å². The van der Waals surface area contributed by atoms with Crippen molar-refractivity contribution in [3.05, 3.63) is 77.7 Å². The largest absolute Gasteiger partial charge is 0.356 e. The van der Waals surface area contributed by atoms with Crippen LogP contribution in [0.3, 0.4) is 0 Å². The van der Waals surface area contributed by atoms with E-state index in [0.29, 0.717) is 32.0 Å². The summed E-state index contributed by atoms with van der Waals surface area (Å²) < 4.78 is 0. The second-order valence-corrected chi connectivity index (χ2v) is 9.17. The van der Waals surface area contributed by atoms with Gasteiger partial charge in [0.2, 0.25) is 5.91 Å². The van der Waals surface area contributed by atoms with Crippen LogP contribution in [-0.2, 0) is 11.3 Å². The summed E-state index contributed by atoms with van der Waals surface area (Å²) in [6.45, 7) is 6.13. The molecule has 0 fully saturated rings. The predicted octanol–water partition coefficient (Wildman–Crippen LogP) is 5.53. The van der Waals surface area contributed by atoms with Crippen LogP contribution < -0.4 is 10.2 Å². The fourth-order valence-electron chi connectivity index (χ4n) is 3.52. The maximum absolute atomic E-state index is 12.5. The number of rotatable bonds is 9. The summed E-state index contributed by atoms with van der Waals surface area (Å²) in [7, 11) is 0. The van der Waals surface area contributed by atoms with Gasteiger partial charge in [0.15, 0.2) is 5.82 Å². The first kappa shape index (κ1) is 22.0. The van der Waals surface area contributed by atoms with Crippen LogP contribution in [0.2, 0.25) is 0 Å². The van der Waals surface area contributed by atoms with Gasteiger partial charge in [-0.3, -0.25) is 4.79 Å². The Labute approximate surface area is 193 Å². The molecule has 2 aromatic carbocycles. The molecular weight excluding hydrogens is 416 g/mol. The minimum Gasteiger partial charge on any atom is -0.356 e. The number of anilines is 1. The third-order valence-corrected chi connectivity index (χ3v) is 6.02. The quantitative estimate of drug-likeness (QED) is 0.369. The molecule has 4 aromatic rings. The highest BCUT2D eigenvalue weighted by Gasteiger charge is 2.17. The summed E-state index contributed by atoms with van der Waals surface area (Å²) in [5, 5.41) is 6.06. The Kier molecular flexibility index (Phi) is 7.12. The lowest BCUT2D eigenvalue weighted by Gasteiger charge is -2.25. The van der Waals surface area contributed by atoms with Gasteiger partial charge < -0.3 is 10.2 Å². The van der Waals surface area contributed by atoms with E-state index < -0.39 is 0 Å². The number of carbonyl (C=O) groups is 1. The maximum Gasteiger partial charge on any atom is 0.221 e. The molecule has 4 rings (SSSR count). The van der Waals surface area contributed by atoms with Crippen molar-refractivity contribution >= 4 is 34.0 Å². The van der Waals surface area contributed by atoms with Crippen molar-refractivity contribution in [3.63, 3.8) is 0 Å². The summed E-state index contributed by atoms with van der Waals surface area (Å²) in [4.78, 5) is 25.5. The van der Waals surface area contributed by atoms with Crippen LogP contribution in [-0.4, -0.2) is 29.0 Å². The Balaban J connectivity index is 1.70. The van der Waals surface area contributed by atoms with Crippen LogP contribution in [0.15, 0.2) is 72.1 Å². The molecule has 0 aliphatic carbocycles. The molecule has 0 aliphatic heterocycles. The number of aromatic nitrogens is 2. The van der Waals surface area contributed by atoms with E-state index in [1.54, 1.807) is 11.3 Å². The van der Waals surface area contributed by atoms with Gasteiger partial charge in [0, 0.05) is 31.4 Å². The van der Waals surface area contributed by atoms with Crippen LogP contribution in [0, 0.1) is 5.92 Å². The first-order valence-electron chi connectivity index (χ1n) is 11.0. The zero-order chi connectivity index (χ0) is 22.3. The molecule has 1 amide bonds. The number of nitrogens with zero attached hydrogens (tertiary/aromatic N) is 3. The monoisotopic (exact) mass is 444 g/mol. The fourth-order valence-corrected chi connectivity index (χ4v) is 4.18. The van der Waals surface area contributed by atoms with Crippen molar-refractivity contribution in [2.45, 2.75) is 26.8 Å². The summed E-state index contributed by atoms with van der Waals surface area (Å²) in [5.41, 5.74) is 2.08. The van der Waals surface area contributed by atoms with E-state index in [-0.39, 0.29) is 5.91 Å². The lowest BCUT2D eigenvalue weighted by molar-refractivity contribution is -0.121. The van der Waals surface area contributed by atoms with E-state index in [1.807, 2.05) is 53.9 Å². The van der Waals surface area contributed by atoms with Crippen molar-refractivity contribution in [3.8, 4) is 10.7 Å². The number of benzene rings is 2. The number of para-hydroxylation sites is 1.